The van der Waals surface area contributed by atoms with Gasteiger partial charge in [-0.1, -0.05) is 0 Å². The van der Waals surface area contributed by atoms with Gasteiger partial charge in [0, 0.05) is 27.7 Å². The van der Waals surface area contributed by atoms with Gasteiger partial charge in [-0.05, 0) is 0 Å². The van der Waals surface area contributed by atoms with E-state index in [2.05, 4.69) is 4.98 Å². The second-order valence-electron chi connectivity index (χ2n) is 4.18. The van der Waals surface area contributed by atoms with Crippen LogP contribution in [0.2, 0.25) is 0 Å². The van der Waals surface area contributed by atoms with Crippen LogP contribution in [0.5, 0.6) is 0 Å². The van der Waals surface area contributed by atoms with Crippen molar-refractivity contribution < 1.29 is 4.74 Å². The molecular weight excluding hydrogens is 272 g/mol. The van der Waals surface area contributed by atoms with Gasteiger partial charge in [-0.25, -0.2) is 9.78 Å². The van der Waals surface area contributed by atoms with Crippen LogP contribution in [-0.2, 0) is 31.3 Å². The molecule has 2 heterocycles. The Hall–Kier alpha value is -1.60. The van der Waals surface area contributed by atoms with Gasteiger partial charge >= 0.3 is 5.69 Å². The molecule has 0 aliphatic carbocycles. The Morgan fingerprint density at radius 3 is 2.53 bits per heavy atom. The molecule has 0 aliphatic heterocycles. The highest BCUT2D eigenvalue weighted by Crippen LogP contribution is 2.13. The summed E-state index contributed by atoms with van der Waals surface area (Å²) in [7, 11) is 4.61. The van der Waals surface area contributed by atoms with Gasteiger partial charge in [-0.2, -0.15) is 0 Å². The summed E-state index contributed by atoms with van der Waals surface area (Å²) in [5.41, 5.74) is -0.0880. The first-order valence-electron chi connectivity index (χ1n) is 5.73. The molecule has 8 heteroatoms. The minimum absolute atomic E-state index is 0.162. The zero-order valence-electron chi connectivity index (χ0n) is 11.0. The molecule has 0 aliphatic rings. The van der Waals surface area contributed by atoms with Gasteiger partial charge in [0.05, 0.1) is 12.5 Å². The van der Waals surface area contributed by atoms with Gasteiger partial charge < -0.3 is 9.30 Å². The van der Waals surface area contributed by atoms with E-state index >= 15 is 0 Å². The van der Waals surface area contributed by atoms with E-state index in [0.29, 0.717) is 24.6 Å². The number of hydrogen-bond acceptors (Lipinski definition) is 4. The minimum atomic E-state index is -0.416. The lowest BCUT2D eigenvalue weighted by Crippen LogP contribution is -2.37. The number of rotatable bonds is 4. The predicted molar refractivity (Wildman–Crippen MR) is 71.6 cm³/mol. The fourth-order valence-corrected chi connectivity index (χ4v) is 2.26. The van der Waals surface area contributed by atoms with Crippen LogP contribution in [0.25, 0.3) is 11.2 Å². The second-order valence-corrected chi connectivity index (χ2v) is 4.45. The van der Waals surface area contributed by atoms with Gasteiger partial charge in [-0.3, -0.25) is 13.9 Å². The maximum Gasteiger partial charge on any atom is 0.332 e. The van der Waals surface area contributed by atoms with Crippen molar-refractivity contribution in [2.75, 3.05) is 13.7 Å². The summed E-state index contributed by atoms with van der Waals surface area (Å²) in [5.74, 6) is 0.711. The third-order valence-corrected chi connectivity index (χ3v) is 3.30. The van der Waals surface area contributed by atoms with Crippen LogP contribution >= 0.6 is 11.6 Å². The Balaban J connectivity index is 2.86. The summed E-state index contributed by atoms with van der Waals surface area (Å²) >= 11 is 5.85. The van der Waals surface area contributed by atoms with Gasteiger partial charge in [0.1, 0.15) is 11.5 Å². The minimum Gasteiger partial charge on any atom is -0.383 e. The van der Waals surface area contributed by atoms with Crippen LogP contribution in [0, 0.1) is 0 Å². The van der Waals surface area contributed by atoms with Crippen molar-refractivity contribution in [1.29, 1.82) is 0 Å². The number of aromatic nitrogens is 4. The summed E-state index contributed by atoms with van der Waals surface area (Å²) in [5, 5.41) is 0. The molecular formula is C11H15ClN4O3. The van der Waals surface area contributed by atoms with Gasteiger partial charge in [0.15, 0.2) is 5.52 Å². The normalized spacial score (nSPS) is 11.4. The molecule has 2 aromatic rings. The summed E-state index contributed by atoms with van der Waals surface area (Å²) in [6.45, 7) is 0.925. The maximum absolute atomic E-state index is 12.1. The van der Waals surface area contributed by atoms with Crippen molar-refractivity contribution in [2.45, 2.75) is 12.4 Å². The molecule has 0 N–H and O–H groups in total. The number of imidazole rings is 1. The summed E-state index contributed by atoms with van der Waals surface area (Å²) in [6, 6.07) is 0. The molecule has 104 valence electrons. The Labute approximate surface area is 114 Å². The number of hydrogen-bond donors (Lipinski definition) is 0. The first-order chi connectivity index (χ1) is 9.02. The topological polar surface area (TPSA) is 71.1 Å². The number of ether oxygens (including phenoxy) is 1. The standard InChI is InChI=1S/C11H15ClN4O3/c1-14-9-8(10(17)15(2)11(14)18)13-7(6-12)16(9)4-5-19-3/h4-6H2,1-3H3. The molecule has 0 amide bonds. The fourth-order valence-electron chi connectivity index (χ4n) is 2.05. The largest absolute Gasteiger partial charge is 0.383 e. The van der Waals surface area contributed by atoms with Crippen molar-refractivity contribution >= 4 is 22.8 Å². The Morgan fingerprint density at radius 1 is 1.26 bits per heavy atom. The fraction of sp³-hybridized carbons (Fsp3) is 0.545. The van der Waals surface area contributed by atoms with Crippen molar-refractivity contribution in [3.05, 3.63) is 26.7 Å². The van der Waals surface area contributed by atoms with E-state index in [1.165, 1.54) is 11.6 Å². The van der Waals surface area contributed by atoms with E-state index in [1.54, 1.807) is 18.7 Å². The van der Waals surface area contributed by atoms with E-state index in [0.717, 1.165) is 4.57 Å². The first-order valence-corrected chi connectivity index (χ1v) is 6.26. The molecule has 0 unspecified atom stereocenters. The molecule has 0 bridgehead atoms. The van der Waals surface area contributed by atoms with Crippen LogP contribution in [0.15, 0.2) is 9.59 Å². The quantitative estimate of drug-likeness (QED) is 0.731. The number of aryl methyl sites for hydroxylation is 1. The van der Waals surface area contributed by atoms with E-state index in [4.69, 9.17) is 16.3 Å². The van der Waals surface area contributed by atoms with Crippen LogP contribution < -0.4 is 11.2 Å². The summed E-state index contributed by atoms with van der Waals surface area (Å²) in [4.78, 5) is 28.2. The number of methoxy groups -OCH3 is 1. The average Bonchev–Trinajstić information content (AvgIpc) is 2.79. The first kappa shape index (κ1) is 13.8. The third kappa shape index (κ3) is 2.08. The van der Waals surface area contributed by atoms with Crippen molar-refractivity contribution in [1.82, 2.24) is 18.7 Å². The summed E-state index contributed by atoms with van der Waals surface area (Å²) in [6.07, 6.45) is 0. The monoisotopic (exact) mass is 286 g/mol. The molecule has 0 fully saturated rings. The van der Waals surface area contributed by atoms with Crippen LogP contribution in [-0.4, -0.2) is 32.4 Å². The molecule has 0 radical (unpaired) electrons. The molecule has 0 atom stereocenters. The van der Waals surface area contributed by atoms with E-state index in [1.807, 2.05) is 0 Å². The van der Waals surface area contributed by atoms with Crippen molar-refractivity contribution in [3.63, 3.8) is 0 Å². The van der Waals surface area contributed by atoms with Crippen LogP contribution in [0.1, 0.15) is 5.82 Å². The van der Waals surface area contributed by atoms with Gasteiger partial charge in [0.2, 0.25) is 0 Å². The Kier molecular flexibility index (Phi) is 3.77. The lowest BCUT2D eigenvalue weighted by atomic mass is 10.5. The highest BCUT2D eigenvalue weighted by atomic mass is 35.5. The lowest BCUT2D eigenvalue weighted by molar-refractivity contribution is 0.187. The number of alkyl halides is 1. The van der Waals surface area contributed by atoms with E-state index in [-0.39, 0.29) is 11.4 Å². The van der Waals surface area contributed by atoms with Gasteiger partial charge in [-0.15, -0.1) is 11.6 Å². The van der Waals surface area contributed by atoms with E-state index in [9.17, 15) is 9.59 Å². The SMILES string of the molecule is COCCn1c(CCl)nc2c(=O)n(C)c(=O)n(C)c21. The van der Waals surface area contributed by atoms with E-state index < -0.39 is 11.2 Å². The second kappa shape index (κ2) is 5.18. The highest BCUT2D eigenvalue weighted by Gasteiger charge is 2.17. The predicted octanol–water partition coefficient (Wildman–Crippen LogP) is -0.181. The number of halogens is 1. The summed E-state index contributed by atoms with van der Waals surface area (Å²) < 4.78 is 9.20. The number of fused-ring (bicyclic) bond motifs is 1. The molecule has 2 rings (SSSR count). The number of nitrogens with zero attached hydrogens (tertiary/aromatic N) is 4. The molecule has 0 saturated heterocycles. The third-order valence-electron chi connectivity index (χ3n) is 3.06. The maximum atomic E-state index is 12.1. The van der Waals surface area contributed by atoms with Crippen LogP contribution in [0.4, 0.5) is 0 Å². The molecule has 0 saturated carbocycles. The molecule has 19 heavy (non-hydrogen) atoms. The Morgan fingerprint density at radius 2 is 1.95 bits per heavy atom. The molecule has 2 aromatic heterocycles. The average molecular weight is 287 g/mol. The lowest BCUT2D eigenvalue weighted by Gasteiger charge is -2.09. The highest BCUT2D eigenvalue weighted by molar-refractivity contribution is 6.16. The zero-order valence-corrected chi connectivity index (χ0v) is 11.8. The van der Waals surface area contributed by atoms with Crippen LogP contribution in [0.3, 0.4) is 0 Å². The molecule has 0 spiro atoms. The van der Waals surface area contributed by atoms with Crippen molar-refractivity contribution in [3.8, 4) is 0 Å². The van der Waals surface area contributed by atoms with Gasteiger partial charge in [0.25, 0.3) is 5.56 Å². The molecule has 7 nitrogen and oxygen atoms in total. The smallest absolute Gasteiger partial charge is 0.332 e. The zero-order chi connectivity index (χ0) is 14.2. The Bertz CT molecular complexity index is 728. The van der Waals surface area contributed by atoms with Crippen molar-refractivity contribution in [2.24, 2.45) is 14.1 Å². The molecule has 0 aromatic carbocycles.